The van der Waals surface area contributed by atoms with Crippen LogP contribution in [0.15, 0.2) is 38.2 Å². The van der Waals surface area contributed by atoms with Crippen LogP contribution < -0.4 is 0 Å². The third-order valence-electron chi connectivity index (χ3n) is 1.97. The summed E-state index contributed by atoms with van der Waals surface area (Å²) in [5.74, 6) is 0. The summed E-state index contributed by atoms with van der Waals surface area (Å²) in [5.41, 5.74) is 0.890. The number of hydrogen-bond donors (Lipinski definition) is 1. The van der Waals surface area contributed by atoms with Gasteiger partial charge in [0.25, 0.3) is 0 Å². The highest BCUT2D eigenvalue weighted by atomic mass is 79.9. The summed E-state index contributed by atoms with van der Waals surface area (Å²) in [6.07, 6.45) is 1.08. The molecule has 0 fully saturated rings. The molecule has 1 N–H and O–H groups in total. The summed E-state index contributed by atoms with van der Waals surface area (Å²) in [6, 6.07) is 5.87. The number of benzene rings is 1. The van der Waals surface area contributed by atoms with Crippen LogP contribution in [0.4, 0.5) is 0 Å². The van der Waals surface area contributed by atoms with Crippen molar-refractivity contribution < 1.29 is 5.11 Å². The lowest BCUT2D eigenvalue weighted by Gasteiger charge is -2.08. The van der Waals surface area contributed by atoms with E-state index in [0.717, 1.165) is 19.3 Å². The second kappa shape index (κ2) is 5.27. The van der Waals surface area contributed by atoms with E-state index in [1.807, 2.05) is 18.2 Å². The van der Waals surface area contributed by atoms with E-state index >= 15 is 0 Å². The zero-order valence-corrected chi connectivity index (χ0v) is 11.6. The minimum atomic E-state index is -0.463. The first kappa shape index (κ1) is 12.0. The Labute approximate surface area is 110 Å². The fourth-order valence-corrected chi connectivity index (χ4v) is 3.54. The molecular weight excluding hydrogens is 308 g/mol. The maximum atomic E-state index is 9.50. The standard InChI is InChI=1S/C10H9BrN2OS2/c1-6(14)8-3-2-7(4-9(8)11)15-10-12-5-13-16-10/h2-6,14H,1H3/t6-/m1/s1. The molecule has 0 aliphatic carbocycles. The van der Waals surface area contributed by atoms with Crippen LogP contribution >= 0.6 is 39.2 Å². The number of hydrogen-bond acceptors (Lipinski definition) is 5. The molecule has 0 radical (unpaired) electrons. The highest BCUT2D eigenvalue weighted by molar-refractivity contribution is 9.10. The second-order valence-electron chi connectivity index (χ2n) is 3.17. The number of aromatic nitrogens is 2. The van der Waals surface area contributed by atoms with Crippen molar-refractivity contribution >= 4 is 39.2 Å². The molecule has 0 amide bonds. The van der Waals surface area contributed by atoms with Crippen LogP contribution in [0, 0.1) is 0 Å². The average molecular weight is 317 g/mol. The van der Waals surface area contributed by atoms with Gasteiger partial charge in [0, 0.05) is 9.37 Å². The van der Waals surface area contributed by atoms with Crippen molar-refractivity contribution in [2.24, 2.45) is 0 Å². The molecule has 2 aromatic rings. The topological polar surface area (TPSA) is 46.0 Å². The molecule has 0 unspecified atom stereocenters. The predicted octanol–water partition coefficient (Wildman–Crippen LogP) is 3.51. The van der Waals surface area contributed by atoms with Crippen LogP contribution in [0.5, 0.6) is 0 Å². The summed E-state index contributed by atoms with van der Waals surface area (Å²) in [5, 5.41) is 9.50. The highest BCUT2D eigenvalue weighted by Crippen LogP contribution is 2.32. The second-order valence-corrected chi connectivity index (χ2v) is 6.12. The van der Waals surface area contributed by atoms with Crippen LogP contribution in [0.3, 0.4) is 0 Å². The van der Waals surface area contributed by atoms with Crippen LogP contribution in [0.1, 0.15) is 18.6 Å². The van der Waals surface area contributed by atoms with Crippen molar-refractivity contribution in [1.82, 2.24) is 9.36 Å². The van der Waals surface area contributed by atoms with Crippen LogP contribution in [0.2, 0.25) is 0 Å². The summed E-state index contributed by atoms with van der Waals surface area (Å²) in [7, 11) is 0. The number of rotatable bonds is 3. The minimum Gasteiger partial charge on any atom is -0.389 e. The zero-order chi connectivity index (χ0) is 11.5. The van der Waals surface area contributed by atoms with Crippen LogP contribution in [-0.4, -0.2) is 14.5 Å². The van der Waals surface area contributed by atoms with Crippen molar-refractivity contribution in [3.63, 3.8) is 0 Å². The minimum absolute atomic E-state index is 0.463. The zero-order valence-electron chi connectivity index (χ0n) is 8.42. The first-order valence-corrected chi connectivity index (χ1v) is 6.97. The number of aliphatic hydroxyl groups is 1. The van der Waals surface area contributed by atoms with Gasteiger partial charge in [-0.2, -0.15) is 4.37 Å². The van der Waals surface area contributed by atoms with E-state index < -0.39 is 6.10 Å². The Morgan fingerprint density at radius 2 is 2.31 bits per heavy atom. The van der Waals surface area contributed by atoms with Crippen molar-refractivity contribution in [3.05, 3.63) is 34.6 Å². The van der Waals surface area contributed by atoms with Gasteiger partial charge < -0.3 is 5.11 Å². The molecule has 0 saturated carbocycles. The first-order chi connectivity index (χ1) is 7.66. The monoisotopic (exact) mass is 316 g/mol. The molecule has 0 spiro atoms. The van der Waals surface area contributed by atoms with Gasteiger partial charge in [-0.3, -0.25) is 0 Å². The Morgan fingerprint density at radius 1 is 1.50 bits per heavy atom. The molecule has 0 aliphatic heterocycles. The fraction of sp³-hybridized carbons (Fsp3) is 0.200. The lowest BCUT2D eigenvalue weighted by Crippen LogP contribution is -1.92. The summed E-state index contributed by atoms with van der Waals surface area (Å²) in [6.45, 7) is 1.75. The molecule has 2 rings (SSSR count). The largest absolute Gasteiger partial charge is 0.389 e. The van der Waals surface area contributed by atoms with E-state index in [1.165, 1.54) is 11.5 Å². The van der Waals surface area contributed by atoms with Gasteiger partial charge in [-0.25, -0.2) is 4.98 Å². The van der Waals surface area contributed by atoms with Gasteiger partial charge in [0.1, 0.15) is 6.33 Å². The molecule has 1 atom stereocenters. The summed E-state index contributed by atoms with van der Waals surface area (Å²) in [4.78, 5) is 5.18. The van der Waals surface area contributed by atoms with Gasteiger partial charge in [0.15, 0.2) is 4.34 Å². The maximum Gasteiger partial charge on any atom is 0.174 e. The number of nitrogens with zero attached hydrogens (tertiary/aromatic N) is 2. The third kappa shape index (κ3) is 2.82. The van der Waals surface area contributed by atoms with Gasteiger partial charge in [-0.15, -0.1) is 0 Å². The predicted molar refractivity (Wildman–Crippen MR) is 68.8 cm³/mol. The van der Waals surface area contributed by atoms with Gasteiger partial charge in [-0.1, -0.05) is 33.8 Å². The normalized spacial score (nSPS) is 12.7. The molecule has 84 valence electrons. The Hall–Kier alpha value is -0.430. The van der Waals surface area contributed by atoms with Gasteiger partial charge in [0.2, 0.25) is 0 Å². The van der Waals surface area contributed by atoms with E-state index in [-0.39, 0.29) is 0 Å². The molecule has 1 aromatic carbocycles. The molecular formula is C10H9BrN2OS2. The van der Waals surface area contributed by atoms with E-state index in [2.05, 4.69) is 25.3 Å². The van der Waals surface area contributed by atoms with E-state index in [9.17, 15) is 5.11 Å². The van der Waals surface area contributed by atoms with E-state index in [4.69, 9.17) is 0 Å². The summed E-state index contributed by atoms with van der Waals surface area (Å²) >= 11 is 6.38. The van der Waals surface area contributed by atoms with Gasteiger partial charge in [0.05, 0.1) is 6.10 Å². The molecule has 3 nitrogen and oxygen atoms in total. The lowest BCUT2D eigenvalue weighted by atomic mass is 10.1. The number of halogens is 1. The van der Waals surface area contributed by atoms with Crippen molar-refractivity contribution in [1.29, 1.82) is 0 Å². The lowest BCUT2D eigenvalue weighted by molar-refractivity contribution is 0.198. The molecule has 1 heterocycles. The number of aliphatic hydroxyl groups excluding tert-OH is 1. The highest BCUT2D eigenvalue weighted by Gasteiger charge is 2.08. The molecule has 0 saturated heterocycles. The molecule has 0 aliphatic rings. The first-order valence-electron chi connectivity index (χ1n) is 4.59. The Morgan fingerprint density at radius 3 is 2.88 bits per heavy atom. The average Bonchev–Trinajstić information content (AvgIpc) is 2.70. The van der Waals surface area contributed by atoms with Crippen LogP contribution in [0.25, 0.3) is 0 Å². The maximum absolute atomic E-state index is 9.50. The van der Waals surface area contributed by atoms with Crippen molar-refractivity contribution in [2.45, 2.75) is 22.3 Å². The molecule has 0 bridgehead atoms. The quantitative estimate of drug-likeness (QED) is 0.941. The Bertz CT molecular complexity index is 474. The van der Waals surface area contributed by atoms with E-state index in [0.29, 0.717) is 0 Å². The SMILES string of the molecule is C[C@@H](O)c1ccc(Sc2ncns2)cc1Br. The van der Waals surface area contributed by atoms with Crippen molar-refractivity contribution in [3.8, 4) is 0 Å². The van der Waals surface area contributed by atoms with E-state index in [1.54, 1.807) is 25.0 Å². The van der Waals surface area contributed by atoms with Gasteiger partial charge >= 0.3 is 0 Å². The fourth-order valence-electron chi connectivity index (χ4n) is 1.22. The van der Waals surface area contributed by atoms with Crippen molar-refractivity contribution in [2.75, 3.05) is 0 Å². The molecule has 1 aromatic heterocycles. The van der Waals surface area contributed by atoms with Gasteiger partial charge in [-0.05, 0) is 36.2 Å². The van der Waals surface area contributed by atoms with Crippen LogP contribution in [-0.2, 0) is 0 Å². The molecule has 16 heavy (non-hydrogen) atoms. The molecule has 6 heteroatoms. The smallest absolute Gasteiger partial charge is 0.174 e. The Kier molecular flexibility index (Phi) is 3.96. The third-order valence-corrected chi connectivity index (χ3v) is 4.36. The Balaban J connectivity index is 2.21. The summed E-state index contributed by atoms with van der Waals surface area (Å²) < 4.78 is 5.77.